The molecule has 0 saturated carbocycles. The highest BCUT2D eigenvalue weighted by Gasteiger charge is 2.38. The Morgan fingerprint density at radius 2 is 1.86 bits per heavy atom. The van der Waals surface area contributed by atoms with E-state index in [1.807, 2.05) is 4.90 Å². The van der Waals surface area contributed by atoms with E-state index in [2.05, 4.69) is 4.98 Å². The molecule has 1 aromatic heterocycles. The molecular weight excluding hydrogens is 282 g/mol. The van der Waals surface area contributed by atoms with Crippen molar-refractivity contribution in [2.45, 2.75) is 19.3 Å². The van der Waals surface area contributed by atoms with Crippen LogP contribution < -0.4 is 4.74 Å². The van der Waals surface area contributed by atoms with E-state index < -0.39 is 0 Å². The zero-order valence-electron chi connectivity index (χ0n) is 12.8. The number of methoxy groups -OCH3 is 1. The van der Waals surface area contributed by atoms with Crippen LogP contribution in [0.15, 0.2) is 18.3 Å². The van der Waals surface area contributed by atoms with Gasteiger partial charge in [0, 0.05) is 38.4 Å². The van der Waals surface area contributed by atoms with E-state index in [9.17, 15) is 9.59 Å². The van der Waals surface area contributed by atoms with Crippen molar-refractivity contribution in [3.8, 4) is 5.88 Å². The maximum absolute atomic E-state index is 12.3. The highest BCUT2D eigenvalue weighted by atomic mass is 16.5. The maximum Gasteiger partial charge on any atom is 0.255 e. The van der Waals surface area contributed by atoms with E-state index in [-0.39, 0.29) is 17.7 Å². The van der Waals surface area contributed by atoms with Gasteiger partial charge in [-0.1, -0.05) is 0 Å². The van der Waals surface area contributed by atoms with Crippen LogP contribution in [0, 0.1) is 5.92 Å². The molecule has 0 aromatic carbocycles. The molecule has 22 heavy (non-hydrogen) atoms. The number of piperidine rings is 1. The molecule has 118 valence electrons. The van der Waals surface area contributed by atoms with Crippen LogP contribution in [0.3, 0.4) is 0 Å². The van der Waals surface area contributed by atoms with Crippen LogP contribution in [0.1, 0.15) is 29.6 Å². The van der Waals surface area contributed by atoms with Crippen molar-refractivity contribution < 1.29 is 14.3 Å². The van der Waals surface area contributed by atoms with E-state index in [1.165, 1.54) is 19.7 Å². The van der Waals surface area contributed by atoms with Crippen molar-refractivity contribution >= 4 is 11.8 Å². The van der Waals surface area contributed by atoms with Crippen molar-refractivity contribution in [3.63, 3.8) is 0 Å². The summed E-state index contributed by atoms with van der Waals surface area (Å²) in [7, 11) is 1.54. The van der Waals surface area contributed by atoms with Gasteiger partial charge in [-0.3, -0.25) is 9.59 Å². The number of hydrogen-bond donors (Lipinski definition) is 0. The molecule has 2 aliphatic heterocycles. The molecule has 0 bridgehead atoms. The number of nitrogens with zero attached hydrogens (tertiary/aromatic N) is 3. The van der Waals surface area contributed by atoms with Crippen LogP contribution in [0.25, 0.3) is 0 Å². The fourth-order valence-corrected chi connectivity index (χ4v) is 2.98. The third-order valence-electron chi connectivity index (χ3n) is 4.38. The lowest BCUT2D eigenvalue weighted by atomic mass is 9.96. The number of hydrogen-bond acceptors (Lipinski definition) is 4. The van der Waals surface area contributed by atoms with E-state index in [4.69, 9.17) is 4.74 Å². The van der Waals surface area contributed by atoms with E-state index in [0.717, 1.165) is 25.9 Å². The Kier molecular flexibility index (Phi) is 4.27. The molecule has 0 unspecified atom stereocenters. The van der Waals surface area contributed by atoms with Crippen LogP contribution >= 0.6 is 0 Å². The first-order chi connectivity index (χ1) is 10.7. The van der Waals surface area contributed by atoms with Gasteiger partial charge in [0.15, 0.2) is 0 Å². The predicted octanol–water partition coefficient (Wildman–Crippen LogP) is 1.17. The molecule has 0 aliphatic carbocycles. The summed E-state index contributed by atoms with van der Waals surface area (Å²) in [4.78, 5) is 32.3. The Hall–Kier alpha value is -2.11. The molecule has 0 radical (unpaired) electrons. The molecule has 0 spiro atoms. The number of amides is 2. The summed E-state index contributed by atoms with van der Waals surface area (Å²) in [5.74, 6) is 0.584. The second kappa shape index (κ2) is 6.34. The Balaban J connectivity index is 1.53. The highest BCUT2D eigenvalue weighted by molar-refractivity contribution is 5.95. The number of likely N-dealkylation sites (tertiary alicyclic amines) is 2. The second-order valence-electron chi connectivity index (χ2n) is 5.88. The lowest BCUT2D eigenvalue weighted by Crippen LogP contribution is -2.57. The van der Waals surface area contributed by atoms with Gasteiger partial charge in [0.25, 0.3) is 5.91 Å². The third-order valence-corrected chi connectivity index (χ3v) is 4.38. The maximum atomic E-state index is 12.3. The average molecular weight is 303 g/mol. The molecule has 6 nitrogen and oxygen atoms in total. The van der Waals surface area contributed by atoms with Crippen molar-refractivity contribution in [2.24, 2.45) is 5.92 Å². The molecule has 0 N–H and O–H groups in total. The van der Waals surface area contributed by atoms with Crippen molar-refractivity contribution in [2.75, 3.05) is 33.3 Å². The molecule has 6 heteroatoms. The van der Waals surface area contributed by atoms with Gasteiger partial charge >= 0.3 is 0 Å². The Labute approximate surface area is 130 Å². The van der Waals surface area contributed by atoms with Crippen LogP contribution in [-0.4, -0.2) is 59.9 Å². The summed E-state index contributed by atoms with van der Waals surface area (Å²) in [6, 6.07) is 3.37. The minimum absolute atomic E-state index is 0.0340. The molecule has 1 aromatic rings. The van der Waals surface area contributed by atoms with Gasteiger partial charge < -0.3 is 14.5 Å². The Morgan fingerprint density at radius 3 is 2.45 bits per heavy atom. The minimum Gasteiger partial charge on any atom is -0.481 e. The predicted molar refractivity (Wildman–Crippen MR) is 80.6 cm³/mol. The van der Waals surface area contributed by atoms with Gasteiger partial charge in [0.2, 0.25) is 11.8 Å². The normalized spacial score (nSPS) is 18.8. The van der Waals surface area contributed by atoms with E-state index in [1.54, 1.807) is 17.0 Å². The molecule has 2 saturated heterocycles. The van der Waals surface area contributed by atoms with Crippen LogP contribution in [-0.2, 0) is 4.79 Å². The smallest absolute Gasteiger partial charge is 0.255 e. The first kappa shape index (κ1) is 14.8. The summed E-state index contributed by atoms with van der Waals surface area (Å²) < 4.78 is 4.98. The van der Waals surface area contributed by atoms with Crippen LogP contribution in [0.5, 0.6) is 5.88 Å². The molecule has 0 atom stereocenters. The monoisotopic (exact) mass is 303 g/mol. The molecular formula is C16H21N3O3. The number of rotatable bonds is 3. The van der Waals surface area contributed by atoms with E-state index >= 15 is 0 Å². The molecule has 3 rings (SSSR count). The zero-order valence-corrected chi connectivity index (χ0v) is 12.8. The van der Waals surface area contributed by atoms with Gasteiger partial charge in [0.1, 0.15) is 0 Å². The van der Waals surface area contributed by atoms with Crippen molar-refractivity contribution in [3.05, 3.63) is 23.9 Å². The van der Waals surface area contributed by atoms with Gasteiger partial charge in [0.05, 0.1) is 18.6 Å². The molecule has 2 aliphatic rings. The highest BCUT2D eigenvalue weighted by Crippen LogP contribution is 2.22. The van der Waals surface area contributed by atoms with Gasteiger partial charge in [-0.05, 0) is 25.3 Å². The fourth-order valence-electron chi connectivity index (χ4n) is 2.98. The van der Waals surface area contributed by atoms with Crippen molar-refractivity contribution in [1.82, 2.24) is 14.8 Å². The number of aromatic nitrogens is 1. The largest absolute Gasteiger partial charge is 0.481 e. The zero-order chi connectivity index (χ0) is 15.5. The Morgan fingerprint density at radius 1 is 1.14 bits per heavy atom. The first-order valence-corrected chi connectivity index (χ1v) is 7.77. The molecule has 2 amide bonds. The van der Waals surface area contributed by atoms with E-state index in [0.29, 0.717) is 24.5 Å². The fraction of sp³-hybridized carbons (Fsp3) is 0.562. The summed E-state index contributed by atoms with van der Waals surface area (Å²) in [6.45, 7) is 2.76. The number of ether oxygens (including phenoxy) is 1. The summed E-state index contributed by atoms with van der Waals surface area (Å²) in [5, 5.41) is 0. The summed E-state index contributed by atoms with van der Waals surface area (Å²) in [5.41, 5.74) is 0.532. The van der Waals surface area contributed by atoms with Gasteiger partial charge in [-0.15, -0.1) is 0 Å². The Bertz CT molecular complexity index is 546. The quantitative estimate of drug-likeness (QED) is 0.841. The molecule has 3 heterocycles. The lowest BCUT2D eigenvalue weighted by molar-refractivity contribution is -0.140. The molecule has 2 fully saturated rings. The average Bonchev–Trinajstić information content (AvgIpc) is 2.54. The lowest BCUT2D eigenvalue weighted by Gasteiger charge is -2.41. The summed E-state index contributed by atoms with van der Waals surface area (Å²) >= 11 is 0. The standard InChI is InChI=1S/C16H21N3O3/c1-22-14-6-5-12(9-17-14)15(20)19-10-13(11-19)16(21)18-7-3-2-4-8-18/h5-6,9,13H,2-4,7-8,10-11H2,1H3. The number of pyridine rings is 1. The topological polar surface area (TPSA) is 62.7 Å². The van der Waals surface area contributed by atoms with Crippen molar-refractivity contribution in [1.29, 1.82) is 0 Å². The number of carbonyl (C=O) groups excluding carboxylic acids is 2. The third kappa shape index (κ3) is 2.91. The summed E-state index contributed by atoms with van der Waals surface area (Å²) in [6.07, 6.45) is 4.92. The van der Waals surface area contributed by atoms with Gasteiger partial charge in [-0.2, -0.15) is 0 Å². The van der Waals surface area contributed by atoms with Gasteiger partial charge in [-0.25, -0.2) is 4.98 Å². The second-order valence-corrected chi connectivity index (χ2v) is 5.88. The SMILES string of the molecule is COc1ccc(C(=O)N2CC(C(=O)N3CCCCC3)C2)cn1. The minimum atomic E-state index is -0.0714. The van der Waals surface area contributed by atoms with Crippen LogP contribution in [0.2, 0.25) is 0 Å². The van der Waals surface area contributed by atoms with Crippen LogP contribution in [0.4, 0.5) is 0 Å². The first-order valence-electron chi connectivity index (χ1n) is 7.77. The number of carbonyl (C=O) groups is 2.